The fourth-order valence-electron chi connectivity index (χ4n) is 2.33. The number of rotatable bonds is 4. The van der Waals surface area contributed by atoms with Crippen LogP contribution in [-0.2, 0) is 11.3 Å². The third-order valence-electron chi connectivity index (χ3n) is 3.69. The molecule has 2 aromatic rings. The molecule has 1 aliphatic heterocycles. The number of amides is 1. The molecule has 0 bridgehead atoms. The van der Waals surface area contributed by atoms with Crippen LogP contribution < -0.4 is 10.2 Å². The van der Waals surface area contributed by atoms with Gasteiger partial charge in [-0.2, -0.15) is 0 Å². The summed E-state index contributed by atoms with van der Waals surface area (Å²) in [7, 11) is 0. The molecule has 8 heteroatoms. The molecule has 1 fully saturated rings. The van der Waals surface area contributed by atoms with E-state index in [2.05, 4.69) is 0 Å². The van der Waals surface area contributed by atoms with Gasteiger partial charge in [-0.3, -0.25) is 9.59 Å². The van der Waals surface area contributed by atoms with Crippen molar-refractivity contribution in [1.29, 1.82) is 0 Å². The van der Waals surface area contributed by atoms with E-state index in [1.165, 1.54) is 0 Å². The Kier molecular flexibility index (Phi) is 5.63. The van der Waals surface area contributed by atoms with Gasteiger partial charge in [0.1, 0.15) is 12.9 Å². The molecule has 6 nitrogen and oxygen atoms in total. The predicted molar refractivity (Wildman–Crippen MR) is 92.5 cm³/mol. The second-order valence-electron chi connectivity index (χ2n) is 5.41. The minimum absolute atomic E-state index is 0.0181. The zero-order chi connectivity index (χ0) is 17.8. The smallest absolute Gasteiger partial charge is 0.289 e. The molecule has 1 saturated heterocycles. The average molecular weight is 384 g/mol. The maximum atomic E-state index is 12.3. The van der Waals surface area contributed by atoms with Crippen LogP contribution in [0.4, 0.5) is 0 Å². The lowest BCUT2D eigenvalue weighted by Gasteiger charge is -2.26. The van der Waals surface area contributed by atoms with Crippen LogP contribution in [0.2, 0.25) is 10.0 Å². The lowest BCUT2D eigenvalue weighted by atomic mass is 10.2. The molecule has 132 valence electrons. The van der Waals surface area contributed by atoms with E-state index in [-0.39, 0.29) is 24.0 Å². The van der Waals surface area contributed by atoms with Crippen LogP contribution in [0.3, 0.4) is 0 Å². The van der Waals surface area contributed by atoms with Crippen molar-refractivity contribution >= 4 is 29.1 Å². The number of halogens is 2. The van der Waals surface area contributed by atoms with E-state index < -0.39 is 5.43 Å². The summed E-state index contributed by atoms with van der Waals surface area (Å²) in [6.07, 6.45) is 1.15. The molecule has 1 aromatic heterocycles. The summed E-state index contributed by atoms with van der Waals surface area (Å²) >= 11 is 11.8. The summed E-state index contributed by atoms with van der Waals surface area (Å²) in [5, 5.41) is 0.845. The highest BCUT2D eigenvalue weighted by Gasteiger charge is 2.21. The molecule has 25 heavy (non-hydrogen) atoms. The van der Waals surface area contributed by atoms with Gasteiger partial charge < -0.3 is 18.8 Å². The first-order valence-electron chi connectivity index (χ1n) is 7.61. The van der Waals surface area contributed by atoms with Crippen LogP contribution in [0, 0.1) is 0 Å². The standard InChI is InChI=1S/C17H15Cl2NO5/c18-12-2-1-11(7-13(12)19)9-24-16-10-25-15(8-14(16)21)17(22)20-3-5-23-6-4-20/h1-2,7-8,10H,3-6,9H2. The van der Waals surface area contributed by atoms with Gasteiger partial charge in [0.2, 0.25) is 11.2 Å². The highest BCUT2D eigenvalue weighted by atomic mass is 35.5. The number of nitrogens with zero attached hydrogens (tertiary/aromatic N) is 1. The highest BCUT2D eigenvalue weighted by molar-refractivity contribution is 6.42. The number of ether oxygens (including phenoxy) is 2. The van der Waals surface area contributed by atoms with Crippen molar-refractivity contribution in [2.45, 2.75) is 6.61 Å². The first-order valence-corrected chi connectivity index (χ1v) is 8.37. The Morgan fingerprint density at radius 2 is 1.92 bits per heavy atom. The molecule has 1 aromatic carbocycles. The van der Waals surface area contributed by atoms with Crippen LogP contribution >= 0.6 is 23.2 Å². The minimum atomic E-state index is -0.428. The quantitative estimate of drug-likeness (QED) is 0.811. The maximum Gasteiger partial charge on any atom is 0.289 e. The van der Waals surface area contributed by atoms with Gasteiger partial charge in [0, 0.05) is 19.2 Å². The Labute approximate surface area is 153 Å². The van der Waals surface area contributed by atoms with E-state index in [0.717, 1.165) is 17.9 Å². The fourth-order valence-corrected chi connectivity index (χ4v) is 2.65. The number of benzene rings is 1. The average Bonchev–Trinajstić information content (AvgIpc) is 2.63. The summed E-state index contributed by atoms with van der Waals surface area (Å²) in [5.74, 6) is -0.338. The van der Waals surface area contributed by atoms with Gasteiger partial charge in [-0.05, 0) is 17.7 Å². The molecule has 0 N–H and O–H groups in total. The summed E-state index contributed by atoms with van der Waals surface area (Å²) < 4.78 is 15.9. The molecule has 3 rings (SSSR count). The zero-order valence-corrected chi connectivity index (χ0v) is 14.7. The van der Waals surface area contributed by atoms with Crippen molar-refractivity contribution in [3.63, 3.8) is 0 Å². The lowest BCUT2D eigenvalue weighted by Crippen LogP contribution is -2.40. The number of morpholine rings is 1. The molecule has 0 aliphatic carbocycles. The Balaban J connectivity index is 1.68. The Hall–Kier alpha value is -2.02. The molecule has 1 aliphatic rings. The van der Waals surface area contributed by atoms with Gasteiger partial charge in [0.25, 0.3) is 5.91 Å². The Bertz CT molecular complexity index is 830. The summed E-state index contributed by atoms with van der Waals surface area (Å²) in [6.45, 7) is 2.01. The molecule has 0 radical (unpaired) electrons. The zero-order valence-electron chi connectivity index (χ0n) is 13.2. The molecular formula is C17H15Cl2NO5. The highest BCUT2D eigenvalue weighted by Crippen LogP contribution is 2.23. The van der Waals surface area contributed by atoms with E-state index in [4.69, 9.17) is 37.1 Å². The molecular weight excluding hydrogens is 369 g/mol. The summed E-state index contributed by atoms with van der Waals surface area (Å²) in [4.78, 5) is 26.0. The second-order valence-corrected chi connectivity index (χ2v) is 6.23. The van der Waals surface area contributed by atoms with Crippen LogP contribution in [0.5, 0.6) is 5.75 Å². The van der Waals surface area contributed by atoms with Crippen LogP contribution in [0.15, 0.2) is 39.7 Å². The first-order chi connectivity index (χ1) is 12.0. The van der Waals surface area contributed by atoms with Gasteiger partial charge in [0.05, 0.1) is 23.3 Å². The normalized spacial score (nSPS) is 14.4. The van der Waals surface area contributed by atoms with E-state index in [0.29, 0.717) is 36.3 Å². The Morgan fingerprint density at radius 3 is 2.60 bits per heavy atom. The molecule has 0 unspecified atom stereocenters. The number of hydrogen-bond acceptors (Lipinski definition) is 5. The van der Waals surface area contributed by atoms with Crippen molar-refractivity contribution in [3.8, 4) is 5.75 Å². The lowest BCUT2D eigenvalue weighted by molar-refractivity contribution is 0.0280. The maximum absolute atomic E-state index is 12.3. The first kappa shape index (κ1) is 17.8. The summed E-state index contributed by atoms with van der Waals surface area (Å²) in [5.41, 5.74) is 0.324. The van der Waals surface area contributed by atoms with E-state index in [1.54, 1.807) is 23.1 Å². The molecule has 0 saturated carbocycles. The van der Waals surface area contributed by atoms with Gasteiger partial charge in [0.15, 0.2) is 5.76 Å². The molecule has 0 atom stereocenters. The van der Waals surface area contributed by atoms with Gasteiger partial charge in [-0.15, -0.1) is 0 Å². The molecule has 0 spiro atoms. The van der Waals surface area contributed by atoms with Crippen molar-refractivity contribution in [2.24, 2.45) is 0 Å². The van der Waals surface area contributed by atoms with Crippen LogP contribution in [0.25, 0.3) is 0 Å². The van der Waals surface area contributed by atoms with E-state index >= 15 is 0 Å². The Morgan fingerprint density at radius 1 is 1.16 bits per heavy atom. The fraction of sp³-hybridized carbons (Fsp3) is 0.294. The number of carbonyl (C=O) groups excluding carboxylic acids is 1. The molecule has 2 heterocycles. The van der Waals surface area contributed by atoms with Gasteiger partial charge in [-0.25, -0.2) is 0 Å². The largest absolute Gasteiger partial charge is 0.482 e. The van der Waals surface area contributed by atoms with E-state index in [1.807, 2.05) is 0 Å². The van der Waals surface area contributed by atoms with Crippen molar-refractivity contribution in [3.05, 3.63) is 62.1 Å². The third-order valence-corrected chi connectivity index (χ3v) is 4.42. The number of hydrogen-bond donors (Lipinski definition) is 0. The van der Waals surface area contributed by atoms with Crippen molar-refractivity contribution < 1.29 is 18.7 Å². The SMILES string of the molecule is O=C(c1cc(=O)c(OCc2ccc(Cl)c(Cl)c2)co1)N1CCOCC1. The minimum Gasteiger partial charge on any atom is -0.482 e. The molecule has 1 amide bonds. The second kappa shape index (κ2) is 7.91. The van der Waals surface area contributed by atoms with Crippen molar-refractivity contribution in [2.75, 3.05) is 26.3 Å². The monoisotopic (exact) mass is 383 g/mol. The van der Waals surface area contributed by atoms with Crippen LogP contribution in [-0.4, -0.2) is 37.1 Å². The van der Waals surface area contributed by atoms with E-state index in [9.17, 15) is 9.59 Å². The topological polar surface area (TPSA) is 69.0 Å². The van der Waals surface area contributed by atoms with Crippen molar-refractivity contribution in [1.82, 2.24) is 4.90 Å². The van der Waals surface area contributed by atoms with Gasteiger partial charge >= 0.3 is 0 Å². The van der Waals surface area contributed by atoms with Crippen LogP contribution in [0.1, 0.15) is 16.1 Å². The third kappa shape index (κ3) is 4.34. The number of carbonyl (C=O) groups is 1. The summed E-state index contributed by atoms with van der Waals surface area (Å²) in [6, 6.07) is 6.19. The predicted octanol–water partition coefficient (Wildman–Crippen LogP) is 3.00. The van der Waals surface area contributed by atoms with Gasteiger partial charge in [-0.1, -0.05) is 29.3 Å².